The number of aliphatic hydroxyl groups is 1. The second-order valence-corrected chi connectivity index (χ2v) is 7.69. The zero-order valence-corrected chi connectivity index (χ0v) is 16.9. The third kappa shape index (κ3) is 4.43. The van der Waals surface area contributed by atoms with E-state index >= 15 is 0 Å². The number of carbonyl (C=O) groups excluding carboxylic acids is 3. The summed E-state index contributed by atoms with van der Waals surface area (Å²) in [4.78, 5) is 48.7. The number of nitrogens with zero attached hydrogens (tertiary/aromatic N) is 1. The van der Waals surface area contributed by atoms with E-state index in [1.165, 1.54) is 13.3 Å². The van der Waals surface area contributed by atoms with Gasteiger partial charge in [0.2, 0.25) is 17.7 Å². The summed E-state index contributed by atoms with van der Waals surface area (Å²) in [5, 5.41) is 19.0. The number of imidazole rings is 1. The highest BCUT2D eigenvalue weighted by molar-refractivity contribution is 5.98. The first-order valence-electron chi connectivity index (χ1n) is 10.0. The Hall–Kier alpha value is -3.66. The number of rotatable bonds is 5. The SMILES string of the molecule is C[C@@H](O)[C@@H]1NC(=O)[C@H](Cc2c[nH]c3ccccc23)NC(=O)[C@H](Cc2cnc[nH]2)NC1=O. The highest BCUT2D eigenvalue weighted by atomic mass is 16.3. The maximum Gasteiger partial charge on any atom is 0.245 e. The average Bonchev–Trinajstić information content (AvgIpc) is 3.40. The van der Waals surface area contributed by atoms with E-state index in [-0.39, 0.29) is 12.8 Å². The van der Waals surface area contributed by atoms with Crippen molar-refractivity contribution in [3.63, 3.8) is 0 Å². The summed E-state index contributed by atoms with van der Waals surface area (Å²) in [6.07, 6.45) is 4.09. The number of carbonyl (C=O) groups is 3. The molecule has 6 N–H and O–H groups in total. The predicted molar refractivity (Wildman–Crippen MR) is 112 cm³/mol. The van der Waals surface area contributed by atoms with Gasteiger partial charge in [-0.25, -0.2) is 4.98 Å². The number of benzene rings is 1. The topological polar surface area (TPSA) is 152 Å². The molecule has 162 valence electrons. The molecule has 10 nitrogen and oxygen atoms in total. The van der Waals surface area contributed by atoms with Crippen molar-refractivity contribution in [1.29, 1.82) is 0 Å². The largest absolute Gasteiger partial charge is 0.391 e. The molecule has 3 aromatic rings. The molecule has 1 aliphatic heterocycles. The molecule has 1 saturated heterocycles. The highest BCUT2D eigenvalue weighted by Crippen LogP contribution is 2.19. The molecule has 1 fully saturated rings. The quantitative estimate of drug-likeness (QED) is 0.327. The standard InChI is InChI=1S/C21H24N6O4/c1-11(28)18-21(31)26-17(7-13-9-22-10-24-13)19(29)25-16(20(30)27-18)6-12-8-23-15-5-3-2-4-14(12)15/h2-5,8-11,16-18,23,28H,6-7H2,1H3,(H,22,24)(H,25,29)(H,26,31)(H,27,30)/t11-,16+,17+,18+/m1/s1. The molecular formula is C21H24N6O4. The van der Waals surface area contributed by atoms with Crippen LogP contribution >= 0.6 is 0 Å². The van der Waals surface area contributed by atoms with Gasteiger partial charge in [-0.05, 0) is 18.6 Å². The number of nitrogens with one attached hydrogen (secondary N) is 5. The number of para-hydroxylation sites is 1. The number of aliphatic hydroxyl groups excluding tert-OH is 1. The Morgan fingerprint density at radius 2 is 1.68 bits per heavy atom. The number of hydrogen-bond donors (Lipinski definition) is 6. The van der Waals surface area contributed by atoms with E-state index < -0.39 is 42.0 Å². The Morgan fingerprint density at radius 1 is 0.968 bits per heavy atom. The molecule has 31 heavy (non-hydrogen) atoms. The van der Waals surface area contributed by atoms with Crippen molar-refractivity contribution in [2.75, 3.05) is 0 Å². The van der Waals surface area contributed by atoms with Crippen molar-refractivity contribution in [2.24, 2.45) is 0 Å². The fraction of sp³-hybridized carbons (Fsp3) is 0.333. The van der Waals surface area contributed by atoms with Gasteiger partial charge < -0.3 is 31.0 Å². The average molecular weight is 424 g/mol. The van der Waals surface area contributed by atoms with Crippen molar-refractivity contribution in [3.8, 4) is 0 Å². The van der Waals surface area contributed by atoms with Crippen LogP contribution in [0.15, 0.2) is 43.0 Å². The van der Waals surface area contributed by atoms with Crippen LogP contribution in [-0.2, 0) is 27.2 Å². The van der Waals surface area contributed by atoms with Gasteiger partial charge in [0.1, 0.15) is 18.1 Å². The number of fused-ring (bicyclic) bond motifs is 1. The summed E-state index contributed by atoms with van der Waals surface area (Å²) in [6.45, 7) is 1.41. The fourth-order valence-corrected chi connectivity index (χ4v) is 3.75. The molecule has 3 amide bonds. The third-order valence-corrected chi connectivity index (χ3v) is 5.41. The van der Waals surface area contributed by atoms with Gasteiger partial charge in [-0.15, -0.1) is 0 Å². The Bertz CT molecular complexity index is 1090. The second-order valence-electron chi connectivity index (χ2n) is 7.69. The lowest BCUT2D eigenvalue weighted by Crippen LogP contribution is -2.55. The summed E-state index contributed by atoms with van der Waals surface area (Å²) in [6, 6.07) is 4.61. The van der Waals surface area contributed by atoms with Crippen molar-refractivity contribution >= 4 is 28.6 Å². The van der Waals surface area contributed by atoms with E-state index in [1.54, 1.807) is 12.4 Å². The van der Waals surface area contributed by atoms with Crippen molar-refractivity contribution in [2.45, 2.75) is 44.0 Å². The van der Waals surface area contributed by atoms with Crippen LogP contribution in [0.4, 0.5) is 0 Å². The fourth-order valence-electron chi connectivity index (χ4n) is 3.75. The van der Waals surface area contributed by atoms with Gasteiger partial charge >= 0.3 is 0 Å². The number of amides is 3. The van der Waals surface area contributed by atoms with Crippen molar-refractivity contribution < 1.29 is 19.5 Å². The van der Waals surface area contributed by atoms with E-state index in [0.717, 1.165) is 16.5 Å². The normalized spacial score (nSPS) is 23.3. The molecule has 0 spiro atoms. The van der Waals surface area contributed by atoms with E-state index in [0.29, 0.717) is 5.69 Å². The van der Waals surface area contributed by atoms with Gasteiger partial charge in [0.05, 0.1) is 12.4 Å². The number of H-pyrrole nitrogens is 2. The minimum Gasteiger partial charge on any atom is -0.391 e. The number of hydrogen-bond acceptors (Lipinski definition) is 5. The lowest BCUT2D eigenvalue weighted by Gasteiger charge is -2.22. The molecule has 0 bridgehead atoms. The zero-order chi connectivity index (χ0) is 22.0. The van der Waals surface area contributed by atoms with E-state index in [4.69, 9.17) is 0 Å². The molecule has 0 saturated carbocycles. The maximum absolute atomic E-state index is 13.0. The lowest BCUT2D eigenvalue weighted by molar-refractivity contribution is -0.132. The van der Waals surface area contributed by atoms with Gasteiger partial charge in [-0.2, -0.15) is 0 Å². The van der Waals surface area contributed by atoms with Crippen LogP contribution in [0.1, 0.15) is 18.2 Å². The monoisotopic (exact) mass is 424 g/mol. The molecule has 1 aromatic carbocycles. The van der Waals surface area contributed by atoms with Crippen LogP contribution in [0.2, 0.25) is 0 Å². The first kappa shape index (κ1) is 20.6. The first-order chi connectivity index (χ1) is 14.9. The van der Waals surface area contributed by atoms with Gasteiger partial charge in [0, 0.05) is 41.8 Å². The number of aromatic nitrogens is 3. The highest BCUT2D eigenvalue weighted by Gasteiger charge is 2.36. The Labute approximate surface area is 177 Å². The van der Waals surface area contributed by atoms with E-state index in [1.807, 2.05) is 24.3 Å². The Kier molecular flexibility index (Phi) is 5.72. The minimum absolute atomic E-state index is 0.165. The van der Waals surface area contributed by atoms with Crippen LogP contribution in [0, 0.1) is 0 Å². The van der Waals surface area contributed by atoms with Gasteiger partial charge in [-0.3, -0.25) is 14.4 Å². The molecular weight excluding hydrogens is 400 g/mol. The smallest absolute Gasteiger partial charge is 0.245 e. The van der Waals surface area contributed by atoms with Crippen LogP contribution in [0.5, 0.6) is 0 Å². The third-order valence-electron chi connectivity index (χ3n) is 5.41. The van der Waals surface area contributed by atoms with Crippen LogP contribution in [0.3, 0.4) is 0 Å². The van der Waals surface area contributed by atoms with Crippen LogP contribution in [-0.4, -0.2) is 62.0 Å². The summed E-state index contributed by atoms with van der Waals surface area (Å²) in [5.41, 5.74) is 2.43. The molecule has 2 aromatic heterocycles. The Morgan fingerprint density at radius 3 is 2.42 bits per heavy atom. The van der Waals surface area contributed by atoms with Gasteiger partial charge in [0.15, 0.2) is 0 Å². The molecule has 0 aliphatic carbocycles. The predicted octanol–water partition coefficient (Wildman–Crippen LogP) is -0.475. The van der Waals surface area contributed by atoms with E-state index in [2.05, 4.69) is 30.9 Å². The van der Waals surface area contributed by atoms with Crippen molar-refractivity contribution in [3.05, 3.63) is 54.2 Å². The molecule has 10 heteroatoms. The molecule has 0 unspecified atom stereocenters. The second kappa shape index (κ2) is 8.60. The summed E-state index contributed by atoms with van der Waals surface area (Å²) in [7, 11) is 0. The molecule has 4 atom stereocenters. The Balaban J connectivity index is 1.63. The molecule has 0 radical (unpaired) electrons. The van der Waals surface area contributed by atoms with Gasteiger partial charge in [-0.1, -0.05) is 18.2 Å². The lowest BCUT2D eigenvalue weighted by atomic mass is 10.0. The maximum atomic E-state index is 13.0. The summed E-state index contributed by atoms with van der Waals surface area (Å²) < 4.78 is 0. The molecule has 1 aliphatic rings. The summed E-state index contributed by atoms with van der Waals surface area (Å²) in [5.74, 6) is -1.66. The molecule has 4 rings (SSSR count). The summed E-state index contributed by atoms with van der Waals surface area (Å²) >= 11 is 0. The minimum atomic E-state index is -1.19. The van der Waals surface area contributed by atoms with Crippen LogP contribution < -0.4 is 16.0 Å². The van der Waals surface area contributed by atoms with Crippen molar-refractivity contribution in [1.82, 2.24) is 30.9 Å². The number of aromatic amines is 2. The molecule has 3 heterocycles. The first-order valence-corrected chi connectivity index (χ1v) is 10.0. The van der Waals surface area contributed by atoms with Crippen LogP contribution in [0.25, 0.3) is 10.9 Å². The zero-order valence-electron chi connectivity index (χ0n) is 16.9. The van der Waals surface area contributed by atoms with Gasteiger partial charge in [0.25, 0.3) is 0 Å². The van der Waals surface area contributed by atoms with E-state index in [9.17, 15) is 19.5 Å².